The van der Waals surface area contributed by atoms with Gasteiger partial charge in [-0.3, -0.25) is 0 Å². The molecule has 1 fully saturated rings. The highest BCUT2D eigenvalue weighted by Gasteiger charge is 2.25. The number of methoxy groups -OCH3 is 1. The van der Waals surface area contributed by atoms with E-state index < -0.39 is 0 Å². The number of rotatable bonds is 7. The Morgan fingerprint density at radius 1 is 1.33 bits per heavy atom. The molecule has 7 heteroatoms. The standard InChI is InChI=1S/C17H28N6O/c1-14-18-7-10-23(14)13-16-19-20-17(21(16)2)15-6-4-8-22(12-15)9-5-11-24-3/h7,10,15H,4-6,8-9,11-13H2,1-3H3. The summed E-state index contributed by atoms with van der Waals surface area (Å²) in [5.41, 5.74) is 0. The monoisotopic (exact) mass is 332 g/mol. The summed E-state index contributed by atoms with van der Waals surface area (Å²) < 4.78 is 9.44. The summed E-state index contributed by atoms with van der Waals surface area (Å²) in [6, 6.07) is 0. The summed E-state index contributed by atoms with van der Waals surface area (Å²) >= 11 is 0. The van der Waals surface area contributed by atoms with Crippen molar-refractivity contribution in [1.82, 2.24) is 29.2 Å². The molecule has 2 aromatic rings. The van der Waals surface area contributed by atoms with Gasteiger partial charge in [0.2, 0.25) is 0 Å². The number of piperidine rings is 1. The smallest absolute Gasteiger partial charge is 0.152 e. The Morgan fingerprint density at radius 3 is 2.96 bits per heavy atom. The maximum Gasteiger partial charge on any atom is 0.152 e. The van der Waals surface area contributed by atoms with Crippen molar-refractivity contribution in [2.75, 3.05) is 33.4 Å². The van der Waals surface area contributed by atoms with Crippen LogP contribution >= 0.6 is 0 Å². The summed E-state index contributed by atoms with van der Waals surface area (Å²) in [6.45, 7) is 6.91. The Balaban J connectivity index is 1.65. The van der Waals surface area contributed by atoms with Gasteiger partial charge in [-0.2, -0.15) is 0 Å². The van der Waals surface area contributed by atoms with Crippen LogP contribution in [0.4, 0.5) is 0 Å². The fourth-order valence-electron chi connectivity index (χ4n) is 3.49. The van der Waals surface area contributed by atoms with Crippen LogP contribution < -0.4 is 0 Å². The molecule has 1 saturated heterocycles. The molecular formula is C17H28N6O. The molecule has 0 N–H and O–H groups in total. The normalized spacial score (nSPS) is 19.0. The second-order valence-corrected chi connectivity index (χ2v) is 6.62. The van der Waals surface area contributed by atoms with Crippen molar-refractivity contribution in [2.24, 2.45) is 7.05 Å². The van der Waals surface area contributed by atoms with Gasteiger partial charge < -0.3 is 18.8 Å². The second-order valence-electron chi connectivity index (χ2n) is 6.62. The lowest BCUT2D eigenvalue weighted by atomic mass is 9.97. The van der Waals surface area contributed by atoms with Crippen molar-refractivity contribution in [1.29, 1.82) is 0 Å². The molecule has 7 nitrogen and oxygen atoms in total. The number of hydrogen-bond donors (Lipinski definition) is 0. The third kappa shape index (κ3) is 3.84. The van der Waals surface area contributed by atoms with Crippen LogP contribution in [0, 0.1) is 6.92 Å². The Labute approximate surface area is 143 Å². The molecule has 2 aromatic heterocycles. The Bertz CT molecular complexity index is 649. The molecule has 0 aliphatic carbocycles. The number of aromatic nitrogens is 5. The number of nitrogens with zero attached hydrogens (tertiary/aromatic N) is 6. The molecule has 1 atom stereocenters. The van der Waals surface area contributed by atoms with Crippen molar-refractivity contribution in [3.05, 3.63) is 29.9 Å². The van der Waals surface area contributed by atoms with Gasteiger partial charge in [-0.25, -0.2) is 4.98 Å². The summed E-state index contributed by atoms with van der Waals surface area (Å²) in [6.07, 6.45) is 7.32. The largest absolute Gasteiger partial charge is 0.385 e. The molecule has 0 aromatic carbocycles. The molecule has 0 bridgehead atoms. The van der Waals surface area contributed by atoms with Crippen molar-refractivity contribution < 1.29 is 4.74 Å². The van der Waals surface area contributed by atoms with Gasteiger partial charge in [0.15, 0.2) is 5.82 Å². The number of hydrogen-bond acceptors (Lipinski definition) is 5. The second kappa shape index (κ2) is 7.90. The van der Waals surface area contributed by atoms with Gasteiger partial charge in [0.25, 0.3) is 0 Å². The first-order chi connectivity index (χ1) is 11.7. The lowest BCUT2D eigenvalue weighted by Crippen LogP contribution is -2.36. The van der Waals surface area contributed by atoms with Crippen LogP contribution in [0.2, 0.25) is 0 Å². The van der Waals surface area contributed by atoms with E-state index in [2.05, 4.69) is 36.3 Å². The third-order valence-corrected chi connectivity index (χ3v) is 4.93. The molecule has 24 heavy (non-hydrogen) atoms. The van der Waals surface area contributed by atoms with E-state index in [0.29, 0.717) is 5.92 Å². The van der Waals surface area contributed by atoms with Gasteiger partial charge in [0.1, 0.15) is 11.6 Å². The van der Waals surface area contributed by atoms with E-state index in [1.807, 2.05) is 19.3 Å². The van der Waals surface area contributed by atoms with Crippen molar-refractivity contribution in [3.63, 3.8) is 0 Å². The third-order valence-electron chi connectivity index (χ3n) is 4.93. The summed E-state index contributed by atoms with van der Waals surface area (Å²) in [7, 11) is 3.85. The fourth-order valence-corrected chi connectivity index (χ4v) is 3.49. The molecular weight excluding hydrogens is 304 g/mol. The minimum Gasteiger partial charge on any atom is -0.385 e. The highest BCUT2D eigenvalue weighted by Crippen LogP contribution is 2.26. The highest BCUT2D eigenvalue weighted by atomic mass is 16.5. The van der Waals surface area contributed by atoms with Gasteiger partial charge in [-0.05, 0) is 32.7 Å². The van der Waals surface area contributed by atoms with Gasteiger partial charge >= 0.3 is 0 Å². The zero-order chi connectivity index (χ0) is 16.9. The number of imidazole rings is 1. The van der Waals surface area contributed by atoms with Gasteiger partial charge in [-0.1, -0.05) is 0 Å². The molecule has 1 unspecified atom stereocenters. The average molecular weight is 332 g/mol. The topological polar surface area (TPSA) is 61.0 Å². The van der Waals surface area contributed by atoms with E-state index >= 15 is 0 Å². The number of likely N-dealkylation sites (tertiary alicyclic amines) is 1. The van der Waals surface area contributed by atoms with Crippen LogP contribution in [0.1, 0.15) is 42.7 Å². The minimum atomic E-state index is 0.469. The number of ether oxygens (including phenoxy) is 1. The van der Waals surface area contributed by atoms with E-state index in [1.165, 1.54) is 19.4 Å². The van der Waals surface area contributed by atoms with E-state index in [1.54, 1.807) is 7.11 Å². The molecule has 0 amide bonds. The Morgan fingerprint density at radius 2 is 2.21 bits per heavy atom. The van der Waals surface area contributed by atoms with Gasteiger partial charge in [0, 0.05) is 52.2 Å². The molecule has 132 valence electrons. The van der Waals surface area contributed by atoms with Crippen molar-refractivity contribution in [3.8, 4) is 0 Å². The predicted molar refractivity (Wildman–Crippen MR) is 92.0 cm³/mol. The average Bonchev–Trinajstić information content (AvgIpc) is 3.15. The minimum absolute atomic E-state index is 0.469. The van der Waals surface area contributed by atoms with Crippen LogP contribution in [-0.4, -0.2) is 62.6 Å². The van der Waals surface area contributed by atoms with Crippen molar-refractivity contribution >= 4 is 0 Å². The first kappa shape index (κ1) is 17.1. The van der Waals surface area contributed by atoms with E-state index in [4.69, 9.17) is 4.74 Å². The summed E-state index contributed by atoms with van der Waals surface area (Å²) in [5, 5.41) is 8.94. The molecule has 3 heterocycles. The SMILES string of the molecule is COCCCN1CCCC(c2nnc(Cn3ccnc3C)n2C)C1. The predicted octanol–water partition coefficient (Wildman–Crippen LogP) is 1.58. The molecule has 1 aliphatic heterocycles. The van der Waals surface area contributed by atoms with Crippen molar-refractivity contribution in [2.45, 2.75) is 38.6 Å². The molecule has 3 rings (SSSR count). The fraction of sp³-hybridized carbons (Fsp3) is 0.706. The first-order valence-electron chi connectivity index (χ1n) is 8.76. The maximum absolute atomic E-state index is 5.17. The molecule has 0 saturated carbocycles. The molecule has 0 radical (unpaired) electrons. The highest BCUT2D eigenvalue weighted by molar-refractivity contribution is 5.05. The quantitative estimate of drug-likeness (QED) is 0.721. The molecule has 1 aliphatic rings. The van der Waals surface area contributed by atoms with Crippen LogP contribution in [0.3, 0.4) is 0 Å². The first-order valence-corrected chi connectivity index (χ1v) is 8.76. The summed E-state index contributed by atoms with van der Waals surface area (Å²) in [5.74, 6) is 3.57. The summed E-state index contributed by atoms with van der Waals surface area (Å²) in [4.78, 5) is 6.80. The Kier molecular flexibility index (Phi) is 5.63. The van der Waals surface area contributed by atoms with Crippen LogP contribution in [0.25, 0.3) is 0 Å². The van der Waals surface area contributed by atoms with Crippen LogP contribution in [0.5, 0.6) is 0 Å². The molecule has 0 spiro atoms. The van der Waals surface area contributed by atoms with Gasteiger partial charge in [0.05, 0.1) is 6.54 Å². The lowest BCUT2D eigenvalue weighted by Gasteiger charge is -2.32. The number of aryl methyl sites for hydroxylation is 1. The van der Waals surface area contributed by atoms with E-state index in [9.17, 15) is 0 Å². The van der Waals surface area contributed by atoms with Crippen LogP contribution in [-0.2, 0) is 18.3 Å². The van der Waals surface area contributed by atoms with E-state index in [-0.39, 0.29) is 0 Å². The van der Waals surface area contributed by atoms with Gasteiger partial charge in [-0.15, -0.1) is 10.2 Å². The zero-order valence-corrected chi connectivity index (χ0v) is 15.0. The lowest BCUT2D eigenvalue weighted by molar-refractivity contribution is 0.153. The van der Waals surface area contributed by atoms with Crippen LogP contribution in [0.15, 0.2) is 12.4 Å². The zero-order valence-electron chi connectivity index (χ0n) is 15.0. The van der Waals surface area contributed by atoms with E-state index in [0.717, 1.165) is 50.1 Å². The Hall–Kier alpha value is -1.73. The maximum atomic E-state index is 5.17.